The Bertz CT molecular complexity index is 915. The number of benzene rings is 2. The molecule has 0 saturated heterocycles. The van der Waals surface area contributed by atoms with Crippen LogP contribution < -0.4 is 10.1 Å². The average Bonchev–Trinajstić information content (AvgIpc) is 3.04. The van der Waals surface area contributed by atoms with Gasteiger partial charge >= 0.3 is 5.97 Å². The van der Waals surface area contributed by atoms with Crippen LogP contribution in [0.4, 0.5) is 0 Å². The van der Waals surface area contributed by atoms with Crippen LogP contribution in [-0.2, 0) is 16.0 Å². The summed E-state index contributed by atoms with van der Waals surface area (Å²) in [7, 11) is 0. The number of hydrogen-bond acceptors (Lipinski definition) is 3. The number of para-hydroxylation sites is 1. The van der Waals surface area contributed by atoms with E-state index in [9.17, 15) is 14.7 Å². The Morgan fingerprint density at radius 1 is 1.15 bits per heavy atom. The molecule has 3 N–H and O–H groups in total. The van der Waals surface area contributed by atoms with E-state index < -0.39 is 17.9 Å². The number of ether oxygens (including phenoxy) is 1. The number of aromatic nitrogens is 1. The molecule has 1 atom stereocenters. The molecule has 6 heteroatoms. The van der Waals surface area contributed by atoms with Gasteiger partial charge in [-0.3, -0.25) is 4.79 Å². The Morgan fingerprint density at radius 3 is 2.62 bits per heavy atom. The fourth-order valence-electron chi connectivity index (χ4n) is 2.74. The molecule has 134 valence electrons. The van der Waals surface area contributed by atoms with E-state index in [1.807, 2.05) is 43.3 Å². The maximum atomic E-state index is 12.1. The molecule has 0 spiro atoms. The van der Waals surface area contributed by atoms with Crippen molar-refractivity contribution < 1.29 is 19.4 Å². The molecule has 1 aromatic heterocycles. The van der Waals surface area contributed by atoms with Crippen molar-refractivity contribution in [3.05, 3.63) is 65.9 Å². The topological polar surface area (TPSA) is 91.4 Å². The number of nitrogens with one attached hydrogen (secondary N) is 2. The van der Waals surface area contributed by atoms with Gasteiger partial charge in [0.15, 0.2) is 6.61 Å². The number of aliphatic carboxylic acids is 1. The van der Waals surface area contributed by atoms with Gasteiger partial charge in [0.1, 0.15) is 11.8 Å². The molecule has 0 fully saturated rings. The van der Waals surface area contributed by atoms with Gasteiger partial charge in [0.05, 0.1) is 0 Å². The first-order chi connectivity index (χ1) is 12.5. The second-order valence-electron chi connectivity index (χ2n) is 6.12. The van der Waals surface area contributed by atoms with Crippen molar-refractivity contribution in [1.29, 1.82) is 0 Å². The second kappa shape index (κ2) is 7.74. The molecule has 0 aliphatic heterocycles. The summed E-state index contributed by atoms with van der Waals surface area (Å²) < 4.78 is 5.40. The van der Waals surface area contributed by atoms with Gasteiger partial charge in [-0.25, -0.2) is 4.79 Å². The van der Waals surface area contributed by atoms with Crippen molar-refractivity contribution in [3.63, 3.8) is 0 Å². The average molecular weight is 352 g/mol. The molecule has 3 rings (SSSR count). The number of carbonyl (C=O) groups excluding carboxylic acids is 1. The summed E-state index contributed by atoms with van der Waals surface area (Å²) in [6.07, 6.45) is 1.96. The van der Waals surface area contributed by atoms with Crippen molar-refractivity contribution >= 4 is 22.8 Å². The van der Waals surface area contributed by atoms with Gasteiger partial charge in [0.25, 0.3) is 5.91 Å². The number of amides is 1. The molecule has 0 radical (unpaired) electrons. The molecule has 6 nitrogen and oxygen atoms in total. The SMILES string of the molecule is Cc1ccc(OCC(=O)NC(Cc2c[nH]c3ccccc23)C(=O)O)cc1. The molecule has 0 aliphatic carbocycles. The molecule has 26 heavy (non-hydrogen) atoms. The first-order valence-electron chi connectivity index (χ1n) is 8.29. The predicted octanol–water partition coefficient (Wildman–Crippen LogP) is 2.67. The fraction of sp³-hybridized carbons (Fsp3) is 0.200. The molecule has 1 unspecified atom stereocenters. The normalized spacial score (nSPS) is 11.9. The minimum absolute atomic E-state index is 0.190. The van der Waals surface area contributed by atoms with Crippen LogP contribution in [0.25, 0.3) is 10.9 Å². The molecule has 1 heterocycles. The fourth-order valence-corrected chi connectivity index (χ4v) is 2.74. The van der Waals surface area contributed by atoms with Gasteiger partial charge in [-0.15, -0.1) is 0 Å². The quantitative estimate of drug-likeness (QED) is 0.610. The van der Waals surface area contributed by atoms with Gasteiger partial charge in [-0.2, -0.15) is 0 Å². The third kappa shape index (κ3) is 4.22. The van der Waals surface area contributed by atoms with E-state index in [0.717, 1.165) is 22.0 Å². The molecule has 0 aliphatic rings. The van der Waals surface area contributed by atoms with Crippen LogP contribution in [0.2, 0.25) is 0 Å². The predicted molar refractivity (Wildman–Crippen MR) is 98.2 cm³/mol. The van der Waals surface area contributed by atoms with Crippen molar-refractivity contribution in [2.45, 2.75) is 19.4 Å². The van der Waals surface area contributed by atoms with Crippen LogP contribution in [0.5, 0.6) is 5.75 Å². The lowest BCUT2D eigenvalue weighted by Crippen LogP contribution is -2.44. The monoisotopic (exact) mass is 352 g/mol. The Hall–Kier alpha value is -3.28. The second-order valence-corrected chi connectivity index (χ2v) is 6.12. The zero-order valence-corrected chi connectivity index (χ0v) is 14.4. The zero-order chi connectivity index (χ0) is 18.5. The van der Waals surface area contributed by atoms with Gasteiger partial charge in [-0.05, 0) is 30.7 Å². The minimum Gasteiger partial charge on any atom is -0.484 e. The number of carboxylic acids is 1. The lowest BCUT2D eigenvalue weighted by Gasteiger charge is -2.14. The largest absolute Gasteiger partial charge is 0.484 e. The van der Waals surface area contributed by atoms with Gasteiger partial charge in [-0.1, -0.05) is 35.9 Å². The van der Waals surface area contributed by atoms with E-state index in [1.165, 1.54) is 0 Å². The molecule has 3 aromatic rings. The summed E-state index contributed by atoms with van der Waals surface area (Å²) >= 11 is 0. The summed E-state index contributed by atoms with van der Waals surface area (Å²) in [6, 6.07) is 13.9. The molecular formula is C20H20N2O4. The van der Waals surface area contributed by atoms with Crippen molar-refractivity contribution in [3.8, 4) is 5.75 Å². The first-order valence-corrected chi connectivity index (χ1v) is 8.29. The highest BCUT2D eigenvalue weighted by atomic mass is 16.5. The summed E-state index contributed by atoms with van der Waals surface area (Å²) in [6.45, 7) is 1.72. The third-order valence-corrected chi connectivity index (χ3v) is 4.12. The number of aromatic amines is 1. The van der Waals surface area contributed by atoms with E-state index in [2.05, 4.69) is 10.3 Å². The van der Waals surface area contributed by atoms with E-state index in [0.29, 0.717) is 5.75 Å². The van der Waals surface area contributed by atoms with Crippen molar-refractivity contribution in [2.75, 3.05) is 6.61 Å². The van der Waals surface area contributed by atoms with Gasteiger partial charge in [0.2, 0.25) is 0 Å². The molecule has 2 aromatic carbocycles. The van der Waals surface area contributed by atoms with Crippen LogP contribution in [-0.4, -0.2) is 34.6 Å². The highest BCUT2D eigenvalue weighted by molar-refractivity contribution is 5.87. The van der Waals surface area contributed by atoms with Gasteiger partial charge in [0, 0.05) is 23.5 Å². The van der Waals surface area contributed by atoms with Crippen molar-refractivity contribution in [2.24, 2.45) is 0 Å². The number of carboxylic acid groups (broad SMARTS) is 1. The van der Waals surface area contributed by atoms with Crippen molar-refractivity contribution in [1.82, 2.24) is 10.3 Å². The Kier molecular flexibility index (Phi) is 5.22. The number of H-pyrrole nitrogens is 1. The van der Waals surface area contributed by atoms with Crippen LogP contribution in [0.3, 0.4) is 0 Å². The molecular weight excluding hydrogens is 332 g/mol. The Balaban J connectivity index is 1.62. The molecule has 0 bridgehead atoms. The van der Waals surface area contributed by atoms with Crippen LogP contribution in [0.15, 0.2) is 54.7 Å². The first kappa shape index (κ1) is 17.5. The lowest BCUT2D eigenvalue weighted by atomic mass is 10.1. The minimum atomic E-state index is -1.08. The highest BCUT2D eigenvalue weighted by Gasteiger charge is 2.22. The number of aryl methyl sites for hydroxylation is 1. The van der Waals surface area contributed by atoms with Crippen LogP contribution >= 0.6 is 0 Å². The Morgan fingerprint density at radius 2 is 1.88 bits per heavy atom. The summed E-state index contributed by atoms with van der Waals surface area (Å²) in [5, 5.41) is 12.9. The maximum absolute atomic E-state index is 12.1. The number of carbonyl (C=O) groups is 2. The summed E-state index contributed by atoms with van der Waals surface area (Å²) in [5.74, 6) is -0.994. The highest BCUT2D eigenvalue weighted by Crippen LogP contribution is 2.19. The summed E-state index contributed by atoms with van der Waals surface area (Å²) in [5.41, 5.74) is 2.86. The number of rotatable bonds is 7. The Labute approximate surface area is 150 Å². The summed E-state index contributed by atoms with van der Waals surface area (Å²) in [4.78, 5) is 26.7. The van der Waals surface area contributed by atoms with Crippen LogP contribution in [0, 0.1) is 6.92 Å². The number of fused-ring (bicyclic) bond motifs is 1. The molecule has 1 amide bonds. The maximum Gasteiger partial charge on any atom is 0.326 e. The molecule has 0 saturated carbocycles. The van der Waals surface area contributed by atoms with Crippen LogP contribution in [0.1, 0.15) is 11.1 Å². The standard InChI is InChI=1S/C20H20N2O4/c1-13-6-8-15(9-7-13)26-12-19(23)22-18(20(24)25)10-14-11-21-17-5-3-2-4-16(14)17/h2-9,11,18,21H,10,12H2,1H3,(H,22,23)(H,24,25). The van der Waals surface area contributed by atoms with E-state index in [-0.39, 0.29) is 13.0 Å². The van der Waals surface area contributed by atoms with E-state index in [4.69, 9.17) is 4.74 Å². The smallest absolute Gasteiger partial charge is 0.326 e. The zero-order valence-electron chi connectivity index (χ0n) is 14.4. The number of hydrogen-bond donors (Lipinski definition) is 3. The van der Waals surface area contributed by atoms with E-state index in [1.54, 1.807) is 18.3 Å². The van der Waals surface area contributed by atoms with Gasteiger partial charge < -0.3 is 20.1 Å². The lowest BCUT2D eigenvalue weighted by molar-refractivity contribution is -0.142. The van der Waals surface area contributed by atoms with E-state index >= 15 is 0 Å². The third-order valence-electron chi connectivity index (χ3n) is 4.12.